The van der Waals surface area contributed by atoms with Gasteiger partial charge in [0.15, 0.2) is 0 Å². The van der Waals surface area contributed by atoms with Crippen LogP contribution < -0.4 is 10.1 Å². The van der Waals surface area contributed by atoms with Gasteiger partial charge in [-0.05, 0) is 24.1 Å². The maximum Gasteiger partial charge on any atom is 0.286 e. The van der Waals surface area contributed by atoms with Gasteiger partial charge in [-0.25, -0.2) is 0 Å². The lowest BCUT2D eigenvalue weighted by molar-refractivity contribution is -0.118. The Balaban J connectivity index is 0.000000771. The van der Waals surface area contributed by atoms with Crippen molar-refractivity contribution in [3.63, 3.8) is 0 Å². The molecule has 1 aliphatic heterocycles. The lowest BCUT2D eigenvalue weighted by Crippen LogP contribution is -2.25. The summed E-state index contributed by atoms with van der Waals surface area (Å²) in [5.74, 6) is 0.578. The highest BCUT2D eigenvalue weighted by Crippen LogP contribution is 2.23. The minimum atomic E-state index is -0.305. The molecule has 0 spiro atoms. The average Bonchev–Trinajstić information content (AvgIpc) is 2.71. The van der Waals surface area contributed by atoms with E-state index in [0.29, 0.717) is 6.42 Å². The zero-order valence-corrected chi connectivity index (χ0v) is 11.5. The van der Waals surface area contributed by atoms with Crippen molar-refractivity contribution in [2.75, 3.05) is 7.11 Å². The van der Waals surface area contributed by atoms with E-state index in [-0.39, 0.29) is 16.4 Å². The van der Waals surface area contributed by atoms with Crippen LogP contribution in [0.15, 0.2) is 24.3 Å². The number of imide groups is 1. The van der Waals surface area contributed by atoms with E-state index in [4.69, 9.17) is 4.74 Å². The summed E-state index contributed by atoms with van der Waals surface area (Å²) in [7, 11) is 1.61. The van der Waals surface area contributed by atoms with Crippen LogP contribution >= 0.6 is 11.8 Å². The molecule has 5 heteroatoms. The van der Waals surface area contributed by atoms with Crippen molar-refractivity contribution in [3.8, 4) is 5.75 Å². The van der Waals surface area contributed by atoms with E-state index in [1.807, 2.05) is 38.1 Å². The number of amides is 2. The minimum absolute atomic E-state index is 0.203. The van der Waals surface area contributed by atoms with Crippen molar-refractivity contribution < 1.29 is 14.3 Å². The zero-order chi connectivity index (χ0) is 13.5. The van der Waals surface area contributed by atoms with Crippen LogP contribution in [-0.4, -0.2) is 23.5 Å². The number of nitrogens with one attached hydrogen (secondary N) is 1. The normalized spacial score (nSPS) is 17.8. The van der Waals surface area contributed by atoms with E-state index < -0.39 is 0 Å². The molecular weight excluding hydrogens is 250 g/mol. The van der Waals surface area contributed by atoms with Crippen molar-refractivity contribution in [2.24, 2.45) is 0 Å². The third-order valence-electron chi connectivity index (χ3n) is 2.35. The maximum absolute atomic E-state index is 11.3. The lowest BCUT2D eigenvalue weighted by Gasteiger charge is -2.06. The molecule has 1 fully saturated rings. The van der Waals surface area contributed by atoms with Gasteiger partial charge in [-0.15, -0.1) is 0 Å². The number of hydrogen-bond donors (Lipinski definition) is 1. The van der Waals surface area contributed by atoms with Crippen molar-refractivity contribution in [3.05, 3.63) is 29.8 Å². The van der Waals surface area contributed by atoms with Crippen LogP contribution in [0.1, 0.15) is 19.4 Å². The number of hydrogen-bond acceptors (Lipinski definition) is 4. The molecule has 1 saturated heterocycles. The first-order valence-corrected chi connectivity index (χ1v) is 6.71. The van der Waals surface area contributed by atoms with Crippen molar-refractivity contribution in [1.82, 2.24) is 5.32 Å². The molecule has 0 bridgehead atoms. The van der Waals surface area contributed by atoms with Crippen molar-refractivity contribution in [1.29, 1.82) is 0 Å². The number of methoxy groups -OCH3 is 1. The summed E-state index contributed by atoms with van der Waals surface area (Å²) in [4.78, 5) is 22.3. The second-order valence-electron chi connectivity index (χ2n) is 3.44. The Bertz CT molecular complexity index is 417. The molecule has 0 radical (unpaired) electrons. The largest absolute Gasteiger partial charge is 0.497 e. The molecule has 1 N–H and O–H groups in total. The van der Waals surface area contributed by atoms with Crippen LogP contribution in [0.3, 0.4) is 0 Å². The maximum atomic E-state index is 11.3. The Labute approximate surface area is 111 Å². The molecule has 1 atom stereocenters. The second kappa shape index (κ2) is 7.06. The third-order valence-corrected chi connectivity index (χ3v) is 3.33. The van der Waals surface area contributed by atoms with Crippen LogP contribution in [0.25, 0.3) is 0 Å². The summed E-state index contributed by atoms with van der Waals surface area (Å²) in [6, 6.07) is 7.48. The number of ether oxygens (including phenoxy) is 1. The number of carbonyl (C=O) groups excluding carboxylic acids is 2. The molecule has 2 amide bonds. The Hall–Kier alpha value is -1.49. The first kappa shape index (κ1) is 14.6. The predicted molar refractivity (Wildman–Crippen MR) is 73.0 cm³/mol. The zero-order valence-electron chi connectivity index (χ0n) is 10.7. The first-order valence-electron chi connectivity index (χ1n) is 5.83. The summed E-state index contributed by atoms with van der Waals surface area (Å²) < 4.78 is 5.04. The van der Waals surface area contributed by atoms with Crippen molar-refractivity contribution in [2.45, 2.75) is 25.5 Å². The van der Waals surface area contributed by atoms with Crippen molar-refractivity contribution >= 4 is 22.9 Å². The van der Waals surface area contributed by atoms with Crippen LogP contribution in [0.5, 0.6) is 5.75 Å². The molecule has 18 heavy (non-hydrogen) atoms. The first-order chi connectivity index (χ1) is 8.69. The molecule has 0 aromatic heterocycles. The van der Waals surface area contributed by atoms with Gasteiger partial charge in [0, 0.05) is 0 Å². The Morgan fingerprint density at radius 3 is 2.28 bits per heavy atom. The molecular formula is C13H17NO3S. The molecule has 4 nitrogen and oxygen atoms in total. The summed E-state index contributed by atoms with van der Waals surface area (Å²) in [5.41, 5.74) is 1.02. The molecule has 98 valence electrons. The van der Waals surface area contributed by atoms with Gasteiger partial charge >= 0.3 is 0 Å². The second-order valence-corrected chi connectivity index (χ2v) is 4.61. The molecule has 2 rings (SSSR count). The van der Waals surface area contributed by atoms with Crippen LogP contribution in [0.4, 0.5) is 4.79 Å². The van der Waals surface area contributed by atoms with E-state index in [0.717, 1.165) is 23.1 Å². The highest BCUT2D eigenvalue weighted by molar-refractivity contribution is 8.15. The summed E-state index contributed by atoms with van der Waals surface area (Å²) in [6.45, 7) is 4.00. The SMILES string of the molecule is CC.COc1ccc(CC2SC(=O)NC2=O)cc1. The van der Waals surface area contributed by atoms with Gasteiger partial charge in [-0.1, -0.05) is 37.7 Å². The molecule has 1 heterocycles. The van der Waals surface area contributed by atoms with E-state index in [1.165, 1.54) is 0 Å². The highest BCUT2D eigenvalue weighted by Gasteiger charge is 2.31. The number of thioether (sulfide) groups is 1. The molecule has 1 unspecified atom stereocenters. The van der Waals surface area contributed by atoms with Gasteiger partial charge in [0.25, 0.3) is 5.24 Å². The van der Waals surface area contributed by atoms with Gasteiger partial charge in [0.2, 0.25) is 5.91 Å². The van der Waals surface area contributed by atoms with E-state index >= 15 is 0 Å². The van der Waals surface area contributed by atoms with E-state index in [1.54, 1.807) is 7.11 Å². The van der Waals surface area contributed by atoms with E-state index in [2.05, 4.69) is 5.32 Å². The van der Waals surface area contributed by atoms with Gasteiger partial charge in [0.05, 0.1) is 12.4 Å². The molecule has 1 aliphatic rings. The minimum Gasteiger partial charge on any atom is -0.497 e. The van der Waals surface area contributed by atoms with Crippen LogP contribution in [0, 0.1) is 0 Å². The van der Waals surface area contributed by atoms with Crippen LogP contribution in [-0.2, 0) is 11.2 Å². The number of carbonyl (C=O) groups is 2. The van der Waals surface area contributed by atoms with Gasteiger partial charge in [0.1, 0.15) is 5.75 Å². The van der Waals surface area contributed by atoms with E-state index in [9.17, 15) is 9.59 Å². The summed E-state index contributed by atoms with van der Waals surface area (Å²) in [6.07, 6.45) is 0.562. The summed E-state index contributed by atoms with van der Waals surface area (Å²) >= 11 is 1.05. The standard InChI is InChI=1S/C11H11NO3S.C2H6/c1-15-8-4-2-7(3-5-8)6-9-10(13)12-11(14)16-9;1-2/h2-5,9H,6H2,1H3,(H,12,13,14);1-2H3. The smallest absolute Gasteiger partial charge is 0.286 e. The monoisotopic (exact) mass is 267 g/mol. The third kappa shape index (κ3) is 3.77. The predicted octanol–water partition coefficient (Wildman–Crippen LogP) is 2.62. The average molecular weight is 267 g/mol. The Morgan fingerprint density at radius 1 is 1.22 bits per heavy atom. The number of benzene rings is 1. The molecule has 1 aromatic carbocycles. The quantitative estimate of drug-likeness (QED) is 0.914. The fourth-order valence-corrected chi connectivity index (χ4v) is 2.36. The Morgan fingerprint density at radius 2 is 1.83 bits per heavy atom. The highest BCUT2D eigenvalue weighted by atomic mass is 32.2. The van der Waals surface area contributed by atoms with Crippen LogP contribution in [0.2, 0.25) is 0 Å². The lowest BCUT2D eigenvalue weighted by atomic mass is 10.1. The number of rotatable bonds is 3. The van der Waals surface area contributed by atoms with Gasteiger partial charge in [-0.2, -0.15) is 0 Å². The fourth-order valence-electron chi connectivity index (χ4n) is 1.50. The van der Waals surface area contributed by atoms with Gasteiger partial charge in [-0.3, -0.25) is 14.9 Å². The molecule has 1 aromatic rings. The molecule has 0 saturated carbocycles. The summed E-state index contributed by atoms with van der Waals surface area (Å²) in [5, 5.41) is 1.70. The Kier molecular flexibility index (Phi) is 5.71. The van der Waals surface area contributed by atoms with Gasteiger partial charge < -0.3 is 4.74 Å². The topological polar surface area (TPSA) is 55.4 Å². The fraction of sp³-hybridized carbons (Fsp3) is 0.385. The molecule has 0 aliphatic carbocycles.